The van der Waals surface area contributed by atoms with Crippen LogP contribution in [-0.4, -0.2) is 31.4 Å². The number of carboxylic acid groups (broad SMARTS) is 1. The third-order valence-electron chi connectivity index (χ3n) is 3.21. The molecule has 0 atom stereocenters. The van der Waals surface area contributed by atoms with E-state index in [0.29, 0.717) is 0 Å². The Labute approximate surface area is 146 Å². The Bertz CT molecular complexity index is 933. The fourth-order valence-electron chi connectivity index (χ4n) is 1.87. The van der Waals surface area contributed by atoms with Gasteiger partial charge in [-0.05, 0) is 31.2 Å². The van der Waals surface area contributed by atoms with Crippen molar-refractivity contribution in [3.05, 3.63) is 65.2 Å². The van der Waals surface area contributed by atoms with Crippen LogP contribution in [0.3, 0.4) is 0 Å². The van der Waals surface area contributed by atoms with Crippen molar-refractivity contribution in [3.63, 3.8) is 0 Å². The molecular formula is C16H12F3NO5S. The van der Waals surface area contributed by atoms with Crippen molar-refractivity contribution in [2.75, 3.05) is 0 Å². The van der Waals surface area contributed by atoms with Gasteiger partial charge in [0.15, 0.2) is 5.71 Å². The summed E-state index contributed by atoms with van der Waals surface area (Å²) in [5.41, 5.74) is -1.63. The van der Waals surface area contributed by atoms with Crippen molar-refractivity contribution in [2.24, 2.45) is 5.16 Å². The number of alkyl halides is 3. The average molecular weight is 387 g/mol. The minimum absolute atomic E-state index is 0.233. The average Bonchev–Trinajstić information content (AvgIpc) is 2.54. The van der Waals surface area contributed by atoms with Crippen molar-refractivity contribution in [1.29, 1.82) is 0 Å². The highest BCUT2D eigenvalue weighted by molar-refractivity contribution is 7.86. The Hall–Kier alpha value is -2.88. The SMILES string of the molecule is Cc1ccc(S(=O)(=O)O/N=C(/c2ccc(C(=O)O)cc2)C(F)(F)F)cc1. The van der Waals surface area contributed by atoms with Crippen LogP contribution < -0.4 is 0 Å². The number of aryl methyl sites for hydroxylation is 1. The van der Waals surface area contributed by atoms with Gasteiger partial charge in [-0.1, -0.05) is 35.0 Å². The minimum atomic E-state index is -5.02. The Morgan fingerprint density at radius 2 is 1.50 bits per heavy atom. The first-order valence-corrected chi connectivity index (χ1v) is 8.41. The highest BCUT2D eigenvalue weighted by atomic mass is 32.2. The smallest absolute Gasteiger partial charge is 0.437 e. The van der Waals surface area contributed by atoms with Crippen LogP contribution in [0.1, 0.15) is 21.5 Å². The van der Waals surface area contributed by atoms with E-state index in [-0.39, 0.29) is 10.5 Å². The van der Waals surface area contributed by atoms with E-state index in [9.17, 15) is 26.4 Å². The van der Waals surface area contributed by atoms with Gasteiger partial charge >= 0.3 is 22.3 Å². The molecule has 26 heavy (non-hydrogen) atoms. The van der Waals surface area contributed by atoms with Crippen LogP contribution in [0.2, 0.25) is 0 Å². The molecule has 2 aromatic rings. The standard InChI is InChI=1S/C16H12F3NO5S/c1-10-2-8-13(9-3-10)26(23,24)25-20-14(16(17,18)19)11-4-6-12(7-5-11)15(21)22/h2-9H,1H3,(H,21,22)/b20-14-. The van der Waals surface area contributed by atoms with Gasteiger partial charge in [-0.2, -0.15) is 21.6 Å². The van der Waals surface area contributed by atoms with Gasteiger partial charge in [0.1, 0.15) is 4.90 Å². The summed E-state index contributed by atoms with van der Waals surface area (Å²) in [7, 11) is -4.54. The molecule has 1 N–H and O–H groups in total. The Morgan fingerprint density at radius 1 is 1.00 bits per heavy atom. The van der Waals surface area contributed by atoms with Crippen LogP contribution in [0.25, 0.3) is 0 Å². The number of carbonyl (C=O) groups is 1. The molecule has 0 aliphatic heterocycles. The van der Waals surface area contributed by atoms with E-state index in [1.807, 2.05) is 0 Å². The fraction of sp³-hybridized carbons (Fsp3) is 0.125. The Balaban J connectivity index is 2.38. The molecule has 0 radical (unpaired) electrons. The number of oxime groups is 1. The first kappa shape index (κ1) is 19.4. The monoisotopic (exact) mass is 387 g/mol. The van der Waals surface area contributed by atoms with Gasteiger partial charge in [0.05, 0.1) is 5.56 Å². The number of halogens is 3. The van der Waals surface area contributed by atoms with E-state index in [1.54, 1.807) is 6.92 Å². The first-order chi connectivity index (χ1) is 12.0. The van der Waals surface area contributed by atoms with E-state index in [2.05, 4.69) is 9.44 Å². The highest BCUT2D eigenvalue weighted by Crippen LogP contribution is 2.24. The second-order valence-electron chi connectivity index (χ2n) is 5.16. The number of aromatic carboxylic acids is 1. The zero-order valence-corrected chi connectivity index (χ0v) is 14.0. The number of hydrogen-bond acceptors (Lipinski definition) is 5. The number of rotatable bonds is 5. The molecular weight excluding hydrogens is 375 g/mol. The molecule has 2 aromatic carbocycles. The molecule has 0 aliphatic rings. The molecule has 0 aromatic heterocycles. The normalized spacial score (nSPS) is 12.7. The summed E-state index contributed by atoms with van der Waals surface area (Å²) < 4.78 is 67.7. The van der Waals surface area contributed by atoms with Crippen molar-refractivity contribution >= 4 is 21.8 Å². The van der Waals surface area contributed by atoms with E-state index in [1.165, 1.54) is 24.3 Å². The highest BCUT2D eigenvalue weighted by Gasteiger charge is 2.38. The lowest BCUT2D eigenvalue weighted by molar-refractivity contribution is -0.0597. The van der Waals surface area contributed by atoms with Crippen LogP contribution in [0.15, 0.2) is 58.6 Å². The maximum atomic E-state index is 13.2. The van der Waals surface area contributed by atoms with Gasteiger partial charge in [-0.15, -0.1) is 0 Å². The van der Waals surface area contributed by atoms with Crippen molar-refractivity contribution in [1.82, 2.24) is 0 Å². The molecule has 0 amide bonds. The molecule has 6 nitrogen and oxygen atoms in total. The fourth-order valence-corrected chi connectivity index (χ4v) is 2.60. The number of nitrogens with zero attached hydrogens (tertiary/aromatic N) is 1. The number of hydrogen-bond donors (Lipinski definition) is 1. The van der Waals surface area contributed by atoms with Crippen LogP contribution in [-0.2, 0) is 14.4 Å². The van der Waals surface area contributed by atoms with Gasteiger partial charge in [-0.25, -0.2) is 4.79 Å². The van der Waals surface area contributed by atoms with E-state index in [0.717, 1.165) is 29.8 Å². The lowest BCUT2D eigenvalue weighted by Gasteiger charge is -2.10. The summed E-state index contributed by atoms with van der Waals surface area (Å²) in [5, 5.41) is 11.5. The van der Waals surface area contributed by atoms with Gasteiger partial charge in [0.25, 0.3) is 0 Å². The van der Waals surface area contributed by atoms with Crippen molar-refractivity contribution in [2.45, 2.75) is 18.0 Å². The molecule has 10 heteroatoms. The van der Waals surface area contributed by atoms with Gasteiger partial charge in [0, 0.05) is 5.56 Å². The van der Waals surface area contributed by atoms with Crippen LogP contribution >= 0.6 is 0 Å². The van der Waals surface area contributed by atoms with Crippen molar-refractivity contribution < 1.29 is 35.8 Å². The summed E-state index contributed by atoms with van der Waals surface area (Å²) >= 11 is 0. The maximum absolute atomic E-state index is 13.2. The van der Waals surface area contributed by atoms with Crippen LogP contribution in [0, 0.1) is 6.92 Å². The molecule has 0 unspecified atom stereocenters. The third kappa shape index (κ3) is 4.60. The van der Waals surface area contributed by atoms with Gasteiger partial charge < -0.3 is 5.11 Å². The molecule has 0 saturated heterocycles. The maximum Gasteiger partial charge on any atom is 0.437 e. The molecule has 0 aliphatic carbocycles. The van der Waals surface area contributed by atoms with E-state index < -0.39 is 33.5 Å². The molecule has 0 heterocycles. The van der Waals surface area contributed by atoms with Gasteiger partial charge in [-0.3, -0.25) is 4.28 Å². The second-order valence-corrected chi connectivity index (χ2v) is 6.69. The summed E-state index contributed by atoms with van der Waals surface area (Å²) in [6.45, 7) is 1.71. The van der Waals surface area contributed by atoms with E-state index >= 15 is 0 Å². The predicted octanol–water partition coefficient (Wildman–Crippen LogP) is 3.37. The van der Waals surface area contributed by atoms with Gasteiger partial charge in [0.2, 0.25) is 0 Å². The summed E-state index contributed by atoms with van der Waals surface area (Å²) in [5.74, 6) is -1.32. The molecule has 138 valence electrons. The third-order valence-corrected chi connectivity index (χ3v) is 4.33. The zero-order valence-electron chi connectivity index (χ0n) is 13.2. The topological polar surface area (TPSA) is 93.0 Å². The number of benzene rings is 2. The molecule has 0 spiro atoms. The van der Waals surface area contributed by atoms with E-state index in [4.69, 9.17) is 5.11 Å². The summed E-state index contributed by atoms with van der Waals surface area (Å²) in [4.78, 5) is 10.4. The first-order valence-electron chi connectivity index (χ1n) is 7.00. The molecule has 2 rings (SSSR count). The lowest BCUT2D eigenvalue weighted by atomic mass is 10.1. The largest absolute Gasteiger partial charge is 0.478 e. The lowest BCUT2D eigenvalue weighted by Crippen LogP contribution is -2.25. The second kappa shape index (κ2) is 7.16. The van der Waals surface area contributed by atoms with Crippen LogP contribution in [0.5, 0.6) is 0 Å². The Kier molecular flexibility index (Phi) is 5.36. The Morgan fingerprint density at radius 3 is 1.96 bits per heavy atom. The zero-order chi connectivity index (χ0) is 19.5. The quantitative estimate of drug-likeness (QED) is 0.627. The number of carboxylic acids is 1. The molecule has 0 saturated carbocycles. The minimum Gasteiger partial charge on any atom is -0.478 e. The summed E-state index contributed by atoms with van der Waals surface area (Å²) in [6, 6.07) is 8.85. The molecule has 0 fully saturated rings. The van der Waals surface area contributed by atoms with Crippen LogP contribution in [0.4, 0.5) is 13.2 Å². The molecule has 0 bridgehead atoms. The predicted molar refractivity (Wildman–Crippen MR) is 85.4 cm³/mol. The summed E-state index contributed by atoms with van der Waals surface area (Å²) in [6.07, 6.45) is -5.02. The van der Waals surface area contributed by atoms with Crippen molar-refractivity contribution in [3.8, 4) is 0 Å².